The highest BCUT2D eigenvalue weighted by molar-refractivity contribution is 6.32. The van der Waals surface area contributed by atoms with E-state index in [1.807, 2.05) is 18.2 Å². The minimum atomic E-state index is 0.0144. The molecule has 0 N–H and O–H groups in total. The van der Waals surface area contributed by atoms with Crippen LogP contribution in [0.2, 0.25) is 10.0 Å². The fourth-order valence-electron chi connectivity index (χ4n) is 1.58. The van der Waals surface area contributed by atoms with Gasteiger partial charge in [0.05, 0.1) is 0 Å². The standard InChI is InChI=1S/C14H10Cl2O/c15-12-6-3-5-11(8-12)14(17)9-10-4-1-2-7-13(10)16/h1-8H,9H2. The van der Waals surface area contributed by atoms with Crippen LogP contribution < -0.4 is 0 Å². The van der Waals surface area contributed by atoms with E-state index in [4.69, 9.17) is 23.2 Å². The summed E-state index contributed by atoms with van der Waals surface area (Å²) < 4.78 is 0. The lowest BCUT2D eigenvalue weighted by molar-refractivity contribution is 0.0993. The third-order valence-electron chi connectivity index (χ3n) is 2.46. The molecule has 0 amide bonds. The SMILES string of the molecule is O=C(Cc1ccccc1Cl)c1cccc(Cl)c1. The van der Waals surface area contributed by atoms with E-state index in [2.05, 4.69) is 0 Å². The molecule has 2 rings (SSSR count). The molecule has 0 spiro atoms. The van der Waals surface area contributed by atoms with Crippen LogP contribution in [0.3, 0.4) is 0 Å². The van der Waals surface area contributed by atoms with E-state index in [-0.39, 0.29) is 5.78 Å². The zero-order valence-electron chi connectivity index (χ0n) is 8.99. The topological polar surface area (TPSA) is 17.1 Å². The fraction of sp³-hybridized carbons (Fsp3) is 0.0714. The lowest BCUT2D eigenvalue weighted by atomic mass is 10.0. The Hall–Kier alpha value is -1.31. The van der Waals surface area contributed by atoms with Gasteiger partial charge in [0.25, 0.3) is 0 Å². The van der Waals surface area contributed by atoms with Crippen molar-refractivity contribution in [2.24, 2.45) is 0 Å². The summed E-state index contributed by atoms with van der Waals surface area (Å²) in [6.45, 7) is 0. The van der Waals surface area contributed by atoms with Crippen molar-refractivity contribution in [1.29, 1.82) is 0 Å². The number of ketones is 1. The van der Waals surface area contributed by atoms with E-state index >= 15 is 0 Å². The van der Waals surface area contributed by atoms with Crippen LogP contribution in [0.4, 0.5) is 0 Å². The van der Waals surface area contributed by atoms with Gasteiger partial charge in [-0.05, 0) is 23.8 Å². The lowest BCUT2D eigenvalue weighted by Gasteiger charge is -2.04. The lowest BCUT2D eigenvalue weighted by Crippen LogP contribution is -2.03. The Balaban J connectivity index is 2.20. The van der Waals surface area contributed by atoms with Crippen LogP contribution in [0.1, 0.15) is 15.9 Å². The van der Waals surface area contributed by atoms with Crippen LogP contribution in [-0.4, -0.2) is 5.78 Å². The Labute approximate surface area is 110 Å². The number of hydrogen-bond acceptors (Lipinski definition) is 1. The van der Waals surface area contributed by atoms with Crippen LogP contribution in [0.5, 0.6) is 0 Å². The van der Waals surface area contributed by atoms with Gasteiger partial charge in [0.2, 0.25) is 0 Å². The minimum absolute atomic E-state index is 0.0144. The number of benzene rings is 2. The summed E-state index contributed by atoms with van der Waals surface area (Å²) in [5.41, 5.74) is 1.44. The van der Waals surface area contributed by atoms with Crippen molar-refractivity contribution in [2.75, 3.05) is 0 Å². The first kappa shape index (κ1) is 12.2. The van der Waals surface area contributed by atoms with Gasteiger partial charge in [-0.2, -0.15) is 0 Å². The molecule has 0 atom stereocenters. The van der Waals surface area contributed by atoms with Crippen LogP contribution >= 0.6 is 23.2 Å². The van der Waals surface area contributed by atoms with Gasteiger partial charge in [-0.15, -0.1) is 0 Å². The summed E-state index contributed by atoms with van der Waals surface area (Å²) in [5.74, 6) is 0.0144. The van der Waals surface area contributed by atoms with Crippen molar-refractivity contribution in [3.05, 3.63) is 69.7 Å². The van der Waals surface area contributed by atoms with Gasteiger partial charge in [-0.3, -0.25) is 4.79 Å². The Kier molecular flexibility index (Phi) is 3.82. The van der Waals surface area contributed by atoms with Crippen molar-refractivity contribution < 1.29 is 4.79 Å². The molecule has 0 aromatic heterocycles. The van der Waals surface area contributed by atoms with Gasteiger partial charge in [0.1, 0.15) is 0 Å². The predicted molar refractivity (Wildman–Crippen MR) is 70.9 cm³/mol. The van der Waals surface area contributed by atoms with E-state index in [1.54, 1.807) is 30.3 Å². The minimum Gasteiger partial charge on any atom is -0.294 e. The maximum absolute atomic E-state index is 12.0. The number of rotatable bonds is 3. The smallest absolute Gasteiger partial charge is 0.167 e. The summed E-state index contributed by atoms with van der Waals surface area (Å²) in [4.78, 5) is 12.0. The summed E-state index contributed by atoms with van der Waals surface area (Å²) in [7, 11) is 0. The molecular formula is C14H10Cl2O. The van der Waals surface area contributed by atoms with E-state index in [0.29, 0.717) is 22.0 Å². The molecule has 0 bridgehead atoms. The first-order valence-electron chi connectivity index (χ1n) is 5.19. The second-order valence-electron chi connectivity index (χ2n) is 3.70. The fourth-order valence-corrected chi connectivity index (χ4v) is 1.97. The molecule has 0 saturated heterocycles. The summed E-state index contributed by atoms with van der Waals surface area (Å²) in [6.07, 6.45) is 0.292. The molecule has 17 heavy (non-hydrogen) atoms. The maximum Gasteiger partial charge on any atom is 0.167 e. The molecule has 0 aliphatic heterocycles. The second-order valence-corrected chi connectivity index (χ2v) is 4.55. The van der Waals surface area contributed by atoms with Crippen LogP contribution in [0.25, 0.3) is 0 Å². The highest BCUT2D eigenvalue weighted by Gasteiger charge is 2.09. The van der Waals surface area contributed by atoms with Crippen LogP contribution in [-0.2, 0) is 6.42 Å². The number of halogens is 2. The zero-order valence-corrected chi connectivity index (χ0v) is 10.5. The largest absolute Gasteiger partial charge is 0.294 e. The molecule has 86 valence electrons. The summed E-state index contributed by atoms with van der Waals surface area (Å²) in [5, 5.41) is 1.18. The zero-order chi connectivity index (χ0) is 12.3. The van der Waals surface area contributed by atoms with Crippen molar-refractivity contribution in [1.82, 2.24) is 0 Å². The Morgan fingerprint density at radius 2 is 1.76 bits per heavy atom. The number of carbonyl (C=O) groups is 1. The molecular weight excluding hydrogens is 255 g/mol. The first-order valence-corrected chi connectivity index (χ1v) is 5.94. The molecule has 3 heteroatoms. The third-order valence-corrected chi connectivity index (χ3v) is 3.06. The quantitative estimate of drug-likeness (QED) is 0.751. The number of Topliss-reactive ketones (excluding diaryl/α,β-unsaturated/α-hetero) is 1. The molecule has 0 unspecified atom stereocenters. The molecule has 1 nitrogen and oxygen atoms in total. The molecule has 0 fully saturated rings. The molecule has 2 aromatic carbocycles. The highest BCUT2D eigenvalue weighted by atomic mass is 35.5. The summed E-state index contributed by atoms with van der Waals surface area (Å²) in [6, 6.07) is 14.3. The van der Waals surface area contributed by atoms with Gasteiger partial charge >= 0.3 is 0 Å². The van der Waals surface area contributed by atoms with Gasteiger partial charge < -0.3 is 0 Å². The van der Waals surface area contributed by atoms with E-state index in [1.165, 1.54) is 0 Å². The van der Waals surface area contributed by atoms with Gasteiger partial charge in [-0.25, -0.2) is 0 Å². The predicted octanol–water partition coefficient (Wildman–Crippen LogP) is 4.42. The van der Waals surface area contributed by atoms with Crippen LogP contribution in [0.15, 0.2) is 48.5 Å². The molecule has 0 aliphatic rings. The maximum atomic E-state index is 12.0. The van der Waals surface area contributed by atoms with Gasteiger partial charge in [-0.1, -0.05) is 53.5 Å². The second kappa shape index (κ2) is 5.35. The average molecular weight is 265 g/mol. The number of carbonyl (C=O) groups excluding carboxylic acids is 1. The van der Waals surface area contributed by atoms with Crippen LogP contribution in [0, 0.1) is 0 Å². The van der Waals surface area contributed by atoms with Crippen molar-refractivity contribution in [3.8, 4) is 0 Å². The molecule has 0 saturated carbocycles. The number of hydrogen-bond donors (Lipinski definition) is 0. The summed E-state index contributed by atoms with van der Waals surface area (Å²) >= 11 is 11.9. The monoisotopic (exact) mass is 264 g/mol. The van der Waals surface area contributed by atoms with E-state index < -0.39 is 0 Å². The third kappa shape index (κ3) is 3.09. The molecule has 0 heterocycles. The first-order chi connectivity index (χ1) is 8.16. The van der Waals surface area contributed by atoms with Gasteiger partial charge in [0.15, 0.2) is 5.78 Å². The Morgan fingerprint density at radius 1 is 1.00 bits per heavy atom. The van der Waals surface area contributed by atoms with E-state index in [9.17, 15) is 4.79 Å². The Morgan fingerprint density at radius 3 is 2.47 bits per heavy atom. The highest BCUT2D eigenvalue weighted by Crippen LogP contribution is 2.18. The normalized spacial score (nSPS) is 10.2. The molecule has 0 aliphatic carbocycles. The van der Waals surface area contributed by atoms with Gasteiger partial charge in [0, 0.05) is 22.0 Å². The molecule has 2 aromatic rings. The van der Waals surface area contributed by atoms with Crippen molar-refractivity contribution >= 4 is 29.0 Å². The molecule has 0 radical (unpaired) electrons. The Bertz CT molecular complexity index is 549. The van der Waals surface area contributed by atoms with Crippen molar-refractivity contribution in [3.63, 3.8) is 0 Å². The van der Waals surface area contributed by atoms with Crippen molar-refractivity contribution in [2.45, 2.75) is 6.42 Å². The average Bonchev–Trinajstić information content (AvgIpc) is 2.32. The van der Waals surface area contributed by atoms with E-state index in [0.717, 1.165) is 5.56 Å².